The number of piperidine rings is 1. The molecule has 0 radical (unpaired) electrons. The average molecular weight is 247 g/mol. The van der Waals surface area contributed by atoms with E-state index in [1.165, 1.54) is 5.56 Å². The summed E-state index contributed by atoms with van der Waals surface area (Å²) in [6.45, 7) is 4.22. The van der Waals surface area contributed by atoms with Crippen molar-refractivity contribution in [2.24, 2.45) is 5.92 Å². The number of esters is 1. The maximum Gasteiger partial charge on any atom is 0.309 e. The number of ether oxygens (including phenoxy) is 1. The van der Waals surface area contributed by atoms with E-state index >= 15 is 0 Å². The van der Waals surface area contributed by atoms with Crippen molar-refractivity contribution < 1.29 is 9.53 Å². The Hall–Kier alpha value is -1.35. The molecule has 0 amide bonds. The molecule has 1 heterocycles. The summed E-state index contributed by atoms with van der Waals surface area (Å²) in [6.07, 6.45) is 0.884. The molecule has 1 aliphatic heterocycles. The minimum absolute atomic E-state index is 0.00329. The summed E-state index contributed by atoms with van der Waals surface area (Å²) < 4.78 is 5.21. The second-order valence-electron chi connectivity index (χ2n) is 4.93. The van der Waals surface area contributed by atoms with Gasteiger partial charge in [0.05, 0.1) is 12.5 Å². The standard InChI is InChI=1S/C15H21NO2/c1-3-18-15(17)13-9-10-16(2)11-14(13)12-7-5-4-6-8-12/h4-8,13-14H,3,9-11H2,1-2H3/t13-,14+/m0/s1. The van der Waals surface area contributed by atoms with Crippen molar-refractivity contribution in [2.75, 3.05) is 26.7 Å². The number of nitrogens with zero attached hydrogens (tertiary/aromatic N) is 1. The third kappa shape index (κ3) is 2.91. The van der Waals surface area contributed by atoms with E-state index < -0.39 is 0 Å². The molecule has 3 nitrogen and oxygen atoms in total. The van der Waals surface area contributed by atoms with Crippen molar-refractivity contribution in [3.05, 3.63) is 35.9 Å². The molecule has 1 fully saturated rings. The molecule has 0 spiro atoms. The number of likely N-dealkylation sites (tertiary alicyclic amines) is 1. The Morgan fingerprint density at radius 2 is 2.11 bits per heavy atom. The first-order valence-corrected chi connectivity index (χ1v) is 6.62. The van der Waals surface area contributed by atoms with Gasteiger partial charge >= 0.3 is 5.97 Å². The van der Waals surface area contributed by atoms with Crippen molar-refractivity contribution in [1.29, 1.82) is 0 Å². The van der Waals surface area contributed by atoms with Gasteiger partial charge in [-0.2, -0.15) is 0 Å². The highest BCUT2D eigenvalue weighted by molar-refractivity contribution is 5.74. The Kier molecular flexibility index (Phi) is 4.37. The van der Waals surface area contributed by atoms with Crippen molar-refractivity contribution in [1.82, 2.24) is 4.90 Å². The highest BCUT2D eigenvalue weighted by atomic mass is 16.5. The van der Waals surface area contributed by atoms with E-state index in [0.29, 0.717) is 6.61 Å². The molecule has 2 rings (SSSR count). The fourth-order valence-corrected chi connectivity index (χ4v) is 2.68. The fourth-order valence-electron chi connectivity index (χ4n) is 2.68. The summed E-state index contributed by atoms with van der Waals surface area (Å²) in [4.78, 5) is 14.3. The summed E-state index contributed by atoms with van der Waals surface area (Å²) in [7, 11) is 2.11. The van der Waals surface area contributed by atoms with Crippen LogP contribution in [0.5, 0.6) is 0 Å². The van der Waals surface area contributed by atoms with Gasteiger partial charge in [-0.15, -0.1) is 0 Å². The van der Waals surface area contributed by atoms with Gasteiger partial charge in [-0.05, 0) is 32.5 Å². The Bertz CT molecular complexity index is 391. The average Bonchev–Trinajstić information content (AvgIpc) is 2.40. The first kappa shape index (κ1) is 13.1. The molecule has 0 saturated carbocycles. The lowest BCUT2D eigenvalue weighted by Gasteiger charge is -2.35. The summed E-state index contributed by atoms with van der Waals surface area (Å²) in [5.41, 5.74) is 1.24. The minimum Gasteiger partial charge on any atom is -0.466 e. The Labute approximate surface area is 109 Å². The van der Waals surface area contributed by atoms with Crippen LogP contribution in [0.15, 0.2) is 30.3 Å². The summed E-state index contributed by atoms with van der Waals surface area (Å²) in [5, 5.41) is 0. The first-order chi connectivity index (χ1) is 8.72. The van der Waals surface area contributed by atoms with Crippen molar-refractivity contribution in [2.45, 2.75) is 19.3 Å². The number of benzene rings is 1. The van der Waals surface area contributed by atoms with Gasteiger partial charge in [-0.3, -0.25) is 4.79 Å². The maximum atomic E-state index is 12.0. The molecule has 0 aromatic heterocycles. The molecule has 1 aromatic carbocycles. The SMILES string of the molecule is CCOC(=O)[C@H]1CCN(C)C[C@@H]1c1ccccc1. The molecule has 1 aliphatic rings. The lowest BCUT2D eigenvalue weighted by atomic mass is 9.81. The molecular formula is C15H21NO2. The van der Waals surface area contributed by atoms with Gasteiger partial charge in [-0.1, -0.05) is 30.3 Å². The van der Waals surface area contributed by atoms with Crippen molar-refractivity contribution >= 4 is 5.97 Å². The zero-order valence-electron chi connectivity index (χ0n) is 11.1. The summed E-state index contributed by atoms with van der Waals surface area (Å²) in [6, 6.07) is 10.3. The predicted octanol–water partition coefficient (Wildman–Crippen LogP) is 2.29. The van der Waals surface area contributed by atoms with E-state index in [0.717, 1.165) is 19.5 Å². The van der Waals surface area contributed by atoms with Crippen LogP contribution >= 0.6 is 0 Å². The number of rotatable bonds is 3. The molecule has 18 heavy (non-hydrogen) atoms. The number of hydrogen-bond donors (Lipinski definition) is 0. The molecule has 1 saturated heterocycles. The second kappa shape index (κ2) is 6.01. The fraction of sp³-hybridized carbons (Fsp3) is 0.533. The van der Waals surface area contributed by atoms with Crippen LogP contribution in [-0.2, 0) is 9.53 Å². The van der Waals surface area contributed by atoms with Crippen molar-refractivity contribution in [3.8, 4) is 0 Å². The smallest absolute Gasteiger partial charge is 0.309 e. The van der Waals surface area contributed by atoms with E-state index in [1.807, 2.05) is 25.1 Å². The third-order valence-electron chi connectivity index (χ3n) is 3.63. The molecular weight excluding hydrogens is 226 g/mol. The molecule has 0 N–H and O–H groups in total. The van der Waals surface area contributed by atoms with Crippen LogP contribution in [0, 0.1) is 5.92 Å². The largest absolute Gasteiger partial charge is 0.466 e. The van der Waals surface area contributed by atoms with Gasteiger partial charge in [-0.25, -0.2) is 0 Å². The van der Waals surface area contributed by atoms with E-state index in [4.69, 9.17) is 4.74 Å². The Morgan fingerprint density at radius 3 is 2.78 bits per heavy atom. The Morgan fingerprint density at radius 1 is 1.39 bits per heavy atom. The molecule has 1 aromatic rings. The lowest BCUT2D eigenvalue weighted by Crippen LogP contribution is -2.40. The van der Waals surface area contributed by atoms with Gasteiger partial charge in [0.15, 0.2) is 0 Å². The van der Waals surface area contributed by atoms with Crippen LogP contribution in [0.3, 0.4) is 0 Å². The molecule has 2 atom stereocenters. The van der Waals surface area contributed by atoms with Crippen LogP contribution in [0.25, 0.3) is 0 Å². The van der Waals surface area contributed by atoms with E-state index in [1.54, 1.807) is 0 Å². The van der Waals surface area contributed by atoms with Gasteiger partial charge in [0, 0.05) is 12.5 Å². The van der Waals surface area contributed by atoms with E-state index in [2.05, 4.69) is 24.1 Å². The van der Waals surface area contributed by atoms with Crippen LogP contribution < -0.4 is 0 Å². The Balaban J connectivity index is 2.19. The molecule has 0 aliphatic carbocycles. The van der Waals surface area contributed by atoms with Gasteiger partial charge < -0.3 is 9.64 Å². The van der Waals surface area contributed by atoms with Crippen LogP contribution in [0.4, 0.5) is 0 Å². The van der Waals surface area contributed by atoms with Gasteiger partial charge in [0.2, 0.25) is 0 Å². The molecule has 98 valence electrons. The number of carbonyl (C=O) groups excluding carboxylic acids is 1. The molecule has 0 bridgehead atoms. The maximum absolute atomic E-state index is 12.0. The van der Waals surface area contributed by atoms with Crippen molar-refractivity contribution in [3.63, 3.8) is 0 Å². The van der Waals surface area contributed by atoms with Gasteiger partial charge in [0.25, 0.3) is 0 Å². The first-order valence-electron chi connectivity index (χ1n) is 6.62. The zero-order valence-corrected chi connectivity index (χ0v) is 11.1. The zero-order chi connectivity index (χ0) is 13.0. The van der Waals surface area contributed by atoms with E-state index in [-0.39, 0.29) is 17.8 Å². The predicted molar refractivity (Wildman–Crippen MR) is 71.4 cm³/mol. The van der Waals surface area contributed by atoms with Crippen LogP contribution in [0.2, 0.25) is 0 Å². The van der Waals surface area contributed by atoms with E-state index in [9.17, 15) is 4.79 Å². The second-order valence-corrected chi connectivity index (χ2v) is 4.93. The van der Waals surface area contributed by atoms with Crippen LogP contribution in [0.1, 0.15) is 24.8 Å². The molecule has 0 unspecified atom stereocenters. The van der Waals surface area contributed by atoms with Crippen LogP contribution in [-0.4, -0.2) is 37.6 Å². The van der Waals surface area contributed by atoms with Gasteiger partial charge in [0.1, 0.15) is 0 Å². The lowest BCUT2D eigenvalue weighted by molar-refractivity contribution is -0.150. The minimum atomic E-state index is -0.0422. The number of hydrogen-bond acceptors (Lipinski definition) is 3. The molecule has 3 heteroatoms. The third-order valence-corrected chi connectivity index (χ3v) is 3.63. The highest BCUT2D eigenvalue weighted by Gasteiger charge is 2.34. The highest BCUT2D eigenvalue weighted by Crippen LogP contribution is 2.32. The number of likely N-dealkylation sites (N-methyl/N-ethyl adjacent to an activating group) is 1. The quantitative estimate of drug-likeness (QED) is 0.767. The summed E-state index contributed by atoms with van der Waals surface area (Å²) >= 11 is 0. The number of carbonyl (C=O) groups is 1. The monoisotopic (exact) mass is 247 g/mol. The summed E-state index contributed by atoms with van der Waals surface area (Å²) in [5.74, 6) is 0.215. The topological polar surface area (TPSA) is 29.5 Å². The normalized spacial score (nSPS) is 24.8.